The van der Waals surface area contributed by atoms with E-state index in [4.69, 9.17) is 4.42 Å². The van der Waals surface area contributed by atoms with E-state index in [1.54, 1.807) is 0 Å². The molecule has 0 aliphatic carbocycles. The summed E-state index contributed by atoms with van der Waals surface area (Å²) in [6.07, 6.45) is 2.71. The van der Waals surface area contributed by atoms with Crippen LogP contribution in [0.3, 0.4) is 0 Å². The van der Waals surface area contributed by atoms with Crippen LogP contribution in [-0.2, 0) is 6.42 Å². The zero-order valence-corrected chi connectivity index (χ0v) is 7.60. The largest absolute Gasteiger partial charge is 0.417 e. The van der Waals surface area contributed by atoms with Gasteiger partial charge < -0.3 is 4.42 Å². The molecule has 12 heavy (non-hydrogen) atoms. The van der Waals surface area contributed by atoms with E-state index in [1.165, 1.54) is 0 Å². The zero-order valence-electron chi connectivity index (χ0n) is 7.60. The molecule has 0 bridgehead atoms. The number of aromatic nitrogens is 1. The Balaban J connectivity index is 3.22. The molecule has 1 aromatic rings. The minimum absolute atomic E-state index is 0.372. The lowest BCUT2D eigenvalue weighted by Crippen LogP contribution is -1.95. The van der Waals surface area contributed by atoms with Crippen LogP contribution in [0, 0.1) is 0 Å². The fraction of sp³-hybridized carbons (Fsp3) is 0.444. The number of aryl methyl sites for hydroxylation is 1. The Labute approximate surface area is 71.1 Å². The summed E-state index contributed by atoms with van der Waals surface area (Å²) in [5.41, 5.74) is 1.86. The van der Waals surface area contributed by atoms with Gasteiger partial charge in [-0.2, -0.15) is 0 Å². The average Bonchev–Trinajstić information content (AvgIpc) is 2.45. The molecular formula is C9H13NO2. The highest BCUT2D eigenvalue weighted by Gasteiger charge is 2.08. The van der Waals surface area contributed by atoms with Crippen LogP contribution in [0.4, 0.5) is 0 Å². The first-order valence-corrected chi connectivity index (χ1v) is 4.04. The van der Waals surface area contributed by atoms with E-state index in [2.05, 4.69) is 4.98 Å². The molecule has 3 heteroatoms. The Bertz CT molecular complexity index is 344. The van der Waals surface area contributed by atoms with Crippen molar-refractivity contribution in [3.05, 3.63) is 28.1 Å². The predicted molar refractivity (Wildman–Crippen MR) is 48.0 cm³/mol. The van der Waals surface area contributed by atoms with Crippen LogP contribution in [0.25, 0.3) is 5.57 Å². The van der Waals surface area contributed by atoms with Gasteiger partial charge in [0, 0.05) is 0 Å². The van der Waals surface area contributed by atoms with Crippen molar-refractivity contribution in [2.24, 2.45) is 0 Å². The van der Waals surface area contributed by atoms with Gasteiger partial charge in [-0.3, -0.25) is 4.98 Å². The Hall–Kier alpha value is -1.25. The summed E-state index contributed by atoms with van der Waals surface area (Å²) in [5, 5.41) is 0. The third kappa shape index (κ3) is 1.49. The number of hydrogen-bond acceptors (Lipinski definition) is 2. The van der Waals surface area contributed by atoms with Gasteiger partial charge in [0.25, 0.3) is 0 Å². The highest BCUT2D eigenvalue weighted by molar-refractivity contribution is 5.60. The molecule has 1 aromatic heterocycles. The summed E-state index contributed by atoms with van der Waals surface area (Å²) in [5.74, 6) is 0.313. The fourth-order valence-electron chi connectivity index (χ4n) is 1.06. The van der Waals surface area contributed by atoms with Crippen molar-refractivity contribution in [3.63, 3.8) is 0 Å². The number of allylic oxidation sites excluding steroid dienone is 2. The van der Waals surface area contributed by atoms with Gasteiger partial charge in [0.05, 0.1) is 5.69 Å². The Kier molecular flexibility index (Phi) is 2.53. The second-order valence-electron chi connectivity index (χ2n) is 2.65. The molecule has 0 aliphatic rings. The summed E-state index contributed by atoms with van der Waals surface area (Å²) in [4.78, 5) is 13.5. The lowest BCUT2D eigenvalue weighted by molar-refractivity contribution is 0.502. The second kappa shape index (κ2) is 3.43. The highest BCUT2D eigenvalue weighted by Crippen LogP contribution is 2.15. The van der Waals surface area contributed by atoms with Gasteiger partial charge >= 0.3 is 5.76 Å². The Morgan fingerprint density at radius 3 is 2.83 bits per heavy atom. The van der Waals surface area contributed by atoms with Crippen molar-refractivity contribution in [2.75, 3.05) is 0 Å². The third-order valence-electron chi connectivity index (χ3n) is 1.87. The lowest BCUT2D eigenvalue weighted by atomic mass is 10.1. The molecule has 0 radical (unpaired) electrons. The van der Waals surface area contributed by atoms with Gasteiger partial charge in [0.15, 0.2) is 5.76 Å². The monoisotopic (exact) mass is 167 g/mol. The molecule has 0 atom stereocenters. The van der Waals surface area contributed by atoms with Crippen LogP contribution in [0.2, 0.25) is 0 Å². The van der Waals surface area contributed by atoms with E-state index in [0.717, 1.165) is 17.7 Å². The average molecular weight is 167 g/mol. The number of oxazole rings is 1. The molecule has 0 fully saturated rings. The molecular weight excluding hydrogens is 154 g/mol. The first-order chi connectivity index (χ1) is 5.69. The summed E-state index contributed by atoms with van der Waals surface area (Å²) in [6, 6.07) is 0. The quantitative estimate of drug-likeness (QED) is 0.731. The van der Waals surface area contributed by atoms with E-state index in [-0.39, 0.29) is 5.76 Å². The van der Waals surface area contributed by atoms with Crippen LogP contribution >= 0.6 is 0 Å². The normalized spacial score (nSPS) is 12.1. The van der Waals surface area contributed by atoms with E-state index in [9.17, 15) is 4.79 Å². The third-order valence-corrected chi connectivity index (χ3v) is 1.87. The van der Waals surface area contributed by atoms with Crippen molar-refractivity contribution in [1.82, 2.24) is 4.98 Å². The van der Waals surface area contributed by atoms with Gasteiger partial charge in [-0.25, -0.2) is 4.79 Å². The number of aromatic amines is 1. The molecule has 1 N–H and O–H groups in total. The van der Waals surface area contributed by atoms with Gasteiger partial charge in [-0.1, -0.05) is 13.0 Å². The molecule has 0 saturated carbocycles. The van der Waals surface area contributed by atoms with Crippen molar-refractivity contribution < 1.29 is 4.42 Å². The predicted octanol–water partition coefficient (Wildman–Crippen LogP) is 1.95. The molecule has 0 aromatic carbocycles. The summed E-state index contributed by atoms with van der Waals surface area (Å²) < 4.78 is 4.98. The maximum Gasteiger partial charge on any atom is 0.417 e. The van der Waals surface area contributed by atoms with Crippen LogP contribution in [0.5, 0.6) is 0 Å². The second-order valence-corrected chi connectivity index (χ2v) is 2.65. The van der Waals surface area contributed by atoms with E-state index >= 15 is 0 Å². The van der Waals surface area contributed by atoms with Crippen LogP contribution < -0.4 is 5.76 Å². The van der Waals surface area contributed by atoms with Crippen molar-refractivity contribution in [2.45, 2.75) is 27.2 Å². The first-order valence-electron chi connectivity index (χ1n) is 4.04. The molecule has 1 rings (SSSR count). The SMILES string of the molecule is C/C=C(/C)c1oc(=O)[nH]c1CC. The van der Waals surface area contributed by atoms with Gasteiger partial charge in [-0.15, -0.1) is 0 Å². The van der Waals surface area contributed by atoms with Gasteiger partial charge in [0.1, 0.15) is 0 Å². The molecule has 0 unspecified atom stereocenters. The molecule has 0 spiro atoms. The minimum Gasteiger partial charge on any atom is -0.408 e. The minimum atomic E-state index is -0.372. The van der Waals surface area contributed by atoms with Gasteiger partial charge in [-0.05, 0) is 25.8 Å². The number of H-pyrrole nitrogens is 1. The molecule has 1 heterocycles. The lowest BCUT2D eigenvalue weighted by Gasteiger charge is -1.96. The van der Waals surface area contributed by atoms with Gasteiger partial charge in [0.2, 0.25) is 0 Å². The van der Waals surface area contributed by atoms with Crippen LogP contribution in [0.1, 0.15) is 32.2 Å². The summed E-state index contributed by atoms with van der Waals surface area (Å²) in [6.45, 7) is 5.82. The van der Waals surface area contributed by atoms with E-state index in [0.29, 0.717) is 5.76 Å². The van der Waals surface area contributed by atoms with Crippen LogP contribution in [0.15, 0.2) is 15.3 Å². The topological polar surface area (TPSA) is 46.0 Å². The van der Waals surface area contributed by atoms with E-state index < -0.39 is 0 Å². The number of hydrogen-bond donors (Lipinski definition) is 1. The summed E-state index contributed by atoms with van der Waals surface area (Å²) in [7, 11) is 0. The highest BCUT2D eigenvalue weighted by atomic mass is 16.4. The van der Waals surface area contributed by atoms with Crippen molar-refractivity contribution >= 4 is 5.57 Å². The molecule has 0 amide bonds. The molecule has 3 nitrogen and oxygen atoms in total. The standard InChI is InChI=1S/C9H13NO2/c1-4-6(3)8-7(5-2)10-9(11)12-8/h4H,5H2,1-3H3,(H,10,11)/b6-4-. The van der Waals surface area contributed by atoms with Crippen LogP contribution in [-0.4, -0.2) is 4.98 Å². The molecule has 0 aliphatic heterocycles. The number of nitrogens with one attached hydrogen (secondary N) is 1. The Morgan fingerprint density at radius 2 is 2.33 bits per heavy atom. The molecule has 66 valence electrons. The van der Waals surface area contributed by atoms with Crippen molar-refractivity contribution in [3.8, 4) is 0 Å². The maximum absolute atomic E-state index is 10.8. The van der Waals surface area contributed by atoms with Crippen molar-refractivity contribution in [1.29, 1.82) is 0 Å². The zero-order chi connectivity index (χ0) is 9.14. The fourth-order valence-corrected chi connectivity index (χ4v) is 1.06. The molecule has 0 saturated heterocycles. The maximum atomic E-state index is 10.8. The van der Waals surface area contributed by atoms with E-state index in [1.807, 2.05) is 26.8 Å². The smallest absolute Gasteiger partial charge is 0.408 e. The first kappa shape index (κ1) is 8.84. The summed E-state index contributed by atoms with van der Waals surface area (Å²) >= 11 is 0. The Morgan fingerprint density at radius 1 is 1.67 bits per heavy atom. The number of rotatable bonds is 2.